The topological polar surface area (TPSA) is 63.6 Å². The summed E-state index contributed by atoms with van der Waals surface area (Å²) in [6.45, 7) is 2.06. The Labute approximate surface area is 75.9 Å². The molecule has 2 aliphatic carbocycles. The molecule has 2 unspecified atom stereocenters. The molecular formula is C9H12O4. The van der Waals surface area contributed by atoms with Gasteiger partial charge in [-0.05, 0) is 6.92 Å². The summed E-state index contributed by atoms with van der Waals surface area (Å²) < 4.78 is 4.80. The minimum absolute atomic E-state index is 0.00977. The third kappa shape index (κ3) is 1.16. The zero-order chi connectivity index (χ0) is 9.59. The lowest BCUT2D eigenvalue weighted by molar-refractivity contribution is -0.147. The van der Waals surface area contributed by atoms with E-state index in [2.05, 4.69) is 0 Å². The number of ether oxygens (including phenoxy) is 1. The number of Topliss-reactive ketones (excluding diaryl/α,β-unsaturated/α-hetero) is 1. The van der Waals surface area contributed by atoms with Gasteiger partial charge in [-0.2, -0.15) is 0 Å². The maximum atomic E-state index is 11.2. The number of hydrogen-bond donors (Lipinski definition) is 1. The van der Waals surface area contributed by atoms with Gasteiger partial charge in [0.1, 0.15) is 5.78 Å². The number of fused-ring (bicyclic) bond motifs is 1. The van der Waals surface area contributed by atoms with E-state index in [1.54, 1.807) is 6.92 Å². The molecule has 0 spiro atoms. The largest absolute Gasteiger partial charge is 0.466 e. The second-order valence-electron chi connectivity index (χ2n) is 3.62. The molecule has 2 saturated carbocycles. The van der Waals surface area contributed by atoms with Crippen LogP contribution in [-0.4, -0.2) is 29.6 Å². The highest BCUT2D eigenvalue weighted by Crippen LogP contribution is 2.55. The van der Waals surface area contributed by atoms with Gasteiger partial charge >= 0.3 is 5.97 Å². The number of hydrogen-bond acceptors (Lipinski definition) is 4. The molecule has 0 aromatic carbocycles. The molecule has 0 amide bonds. The van der Waals surface area contributed by atoms with Gasteiger partial charge in [-0.25, -0.2) is 0 Å². The summed E-state index contributed by atoms with van der Waals surface area (Å²) in [6.07, 6.45) is -0.405. The molecule has 4 nitrogen and oxygen atoms in total. The van der Waals surface area contributed by atoms with Crippen LogP contribution in [-0.2, 0) is 14.3 Å². The predicted molar refractivity (Wildman–Crippen MR) is 42.7 cm³/mol. The van der Waals surface area contributed by atoms with E-state index >= 15 is 0 Å². The molecule has 72 valence electrons. The lowest BCUT2D eigenvalue weighted by Crippen LogP contribution is -2.18. The number of carbonyl (C=O) groups is 2. The maximum Gasteiger partial charge on any atom is 0.310 e. The molecule has 4 atom stereocenters. The van der Waals surface area contributed by atoms with Gasteiger partial charge in [0.05, 0.1) is 18.6 Å². The second kappa shape index (κ2) is 2.80. The Morgan fingerprint density at radius 1 is 1.69 bits per heavy atom. The van der Waals surface area contributed by atoms with Gasteiger partial charge in [0.2, 0.25) is 0 Å². The average molecular weight is 184 g/mol. The van der Waals surface area contributed by atoms with Crippen LogP contribution in [0, 0.1) is 17.8 Å². The van der Waals surface area contributed by atoms with Crippen LogP contribution < -0.4 is 0 Å². The quantitative estimate of drug-likeness (QED) is 0.601. The first-order valence-corrected chi connectivity index (χ1v) is 4.54. The average Bonchev–Trinajstić information content (AvgIpc) is 2.72. The van der Waals surface area contributed by atoms with Crippen LogP contribution >= 0.6 is 0 Å². The summed E-state index contributed by atoms with van der Waals surface area (Å²) in [5.74, 6) is -1.06. The van der Waals surface area contributed by atoms with E-state index < -0.39 is 6.10 Å². The molecule has 4 heteroatoms. The highest BCUT2D eigenvalue weighted by atomic mass is 16.5. The zero-order valence-corrected chi connectivity index (χ0v) is 7.40. The van der Waals surface area contributed by atoms with E-state index in [4.69, 9.17) is 4.74 Å². The lowest BCUT2D eigenvalue weighted by Gasteiger charge is -2.06. The molecule has 0 heterocycles. The Balaban J connectivity index is 2.00. The summed E-state index contributed by atoms with van der Waals surface area (Å²) in [5.41, 5.74) is 0. The minimum Gasteiger partial charge on any atom is -0.466 e. The molecule has 2 aliphatic rings. The van der Waals surface area contributed by atoms with Crippen molar-refractivity contribution in [1.29, 1.82) is 0 Å². The third-order valence-corrected chi connectivity index (χ3v) is 2.86. The standard InChI is InChI=1S/C9H12O4/c1-2-13-9(12)8-6-4(10)3-5(11)7(6)8/h4,6-8,10H,2-3H2,1H3/t4-,6?,7?,8-/m0/s1. The van der Waals surface area contributed by atoms with Crippen LogP contribution in [0.25, 0.3) is 0 Å². The molecule has 0 aromatic heterocycles. The first-order chi connectivity index (χ1) is 6.16. The SMILES string of the molecule is CCOC(=O)[C@@H]1C2C(=O)C[C@H](O)C21. The smallest absolute Gasteiger partial charge is 0.310 e. The predicted octanol–water partition coefficient (Wildman–Crippen LogP) is -0.255. The lowest BCUT2D eigenvalue weighted by atomic mass is 10.1. The van der Waals surface area contributed by atoms with Gasteiger partial charge in [-0.1, -0.05) is 0 Å². The number of ketones is 1. The number of aliphatic hydroxyl groups is 1. The Kier molecular flexibility index (Phi) is 1.87. The van der Waals surface area contributed by atoms with E-state index in [1.807, 2.05) is 0 Å². The molecule has 2 fully saturated rings. The van der Waals surface area contributed by atoms with Gasteiger partial charge < -0.3 is 9.84 Å². The van der Waals surface area contributed by atoms with E-state index in [0.29, 0.717) is 6.61 Å². The van der Waals surface area contributed by atoms with E-state index in [-0.39, 0.29) is 35.9 Å². The number of esters is 1. The Morgan fingerprint density at radius 3 is 2.85 bits per heavy atom. The van der Waals surface area contributed by atoms with Crippen molar-refractivity contribution in [2.75, 3.05) is 6.61 Å². The highest BCUT2D eigenvalue weighted by Gasteiger charge is 2.66. The van der Waals surface area contributed by atoms with Crippen molar-refractivity contribution < 1.29 is 19.4 Å². The van der Waals surface area contributed by atoms with Crippen LogP contribution in [0.15, 0.2) is 0 Å². The van der Waals surface area contributed by atoms with E-state index in [1.165, 1.54) is 0 Å². The number of rotatable bonds is 2. The van der Waals surface area contributed by atoms with Gasteiger partial charge in [-0.15, -0.1) is 0 Å². The first-order valence-electron chi connectivity index (χ1n) is 4.54. The fraction of sp³-hybridized carbons (Fsp3) is 0.778. The molecule has 0 radical (unpaired) electrons. The summed E-state index contributed by atoms with van der Waals surface area (Å²) in [4.78, 5) is 22.4. The summed E-state index contributed by atoms with van der Waals surface area (Å²) >= 11 is 0. The van der Waals surface area contributed by atoms with Crippen molar-refractivity contribution >= 4 is 11.8 Å². The fourth-order valence-corrected chi connectivity index (χ4v) is 2.25. The highest BCUT2D eigenvalue weighted by molar-refractivity contribution is 5.95. The van der Waals surface area contributed by atoms with Crippen LogP contribution in [0.2, 0.25) is 0 Å². The number of carbonyl (C=O) groups excluding carboxylic acids is 2. The fourth-order valence-electron chi connectivity index (χ4n) is 2.25. The normalized spacial score (nSPS) is 41.5. The van der Waals surface area contributed by atoms with Gasteiger partial charge in [0.15, 0.2) is 0 Å². The first kappa shape index (κ1) is 8.69. The summed E-state index contributed by atoms with van der Waals surface area (Å²) in [7, 11) is 0. The van der Waals surface area contributed by atoms with E-state index in [0.717, 1.165) is 0 Å². The van der Waals surface area contributed by atoms with Crippen molar-refractivity contribution in [2.45, 2.75) is 19.4 Å². The maximum absolute atomic E-state index is 11.2. The Bertz CT molecular complexity index is 260. The van der Waals surface area contributed by atoms with Crippen molar-refractivity contribution in [3.8, 4) is 0 Å². The molecule has 13 heavy (non-hydrogen) atoms. The zero-order valence-electron chi connectivity index (χ0n) is 7.40. The van der Waals surface area contributed by atoms with Crippen molar-refractivity contribution in [1.82, 2.24) is 0 Å². The van der Waals surface area contributed by atoms with Crippen LogP contribution in [0.3, 0.4) is 0 Å². The summed E-state index contributed by atoms with van der Waals surface area (Å²) in [5, 5.41) is 9.37. The monoisotopic (exact) mass is 184 g/mol. The number of aliphatic hydroxyl groups excluding tert-OH is 1. The molecule has 2 rings (SSSR count). The molecule has 0 aliphatic heterocycles. The molecule has 0 bridgehead atoms. The van der Waals surface area contributed by atoms with Gasteiger partial charge in [0.25, 0.3) is 0 Å². The molecule has 1 N–H and O–H groups in total. The van der Waals surface area contributed by atoms with Crippen LogP contribution in [0.1, 0.15) is 13.3 Å². The second-order valence-corrected chi connectivity index (χ2v) is 3.62. The molecular weight excluding hydrogens is 172 g/mol. The van der Waals surface area contributed by atoms with Crippen molar-refractivity contribution in [2.24, 2.45) is 17.8 Å². The molecule has 0 aromatic rings. The van der Waals surface area contributed by atoms with E-state index in [9.17, 15) is 14.7 Å². The van der Waals surface area contributed by atoms with Crippen LogP contribution in [0.4, 0.5) is 0 Å². The van der Waals surface area contributed by atoms with Crippen molar-refractivity contribution in [3.63, 3.8) is 0 Å². The van der Waals surface area contributed by atoms with Gasteiger partial charge in [-0.3, -0.25) is 9.59 Å². The van der Waals surface area contributed by atoms with Crippen molar-refractivity contribution in [3.05, 3.63) is 0 Å². The van der Waals surface area contributed by atoms with Crippen LogP contribution in [0.5, 0.6) is 0 Å². The Hall–Kier alpha value is -0.900. The Morgan fingerprint density at radius 2 is 2.38 bits per heavy atom. The minimum atomic E-state index is -0.619. The third-order valence-electron chi connectivity index (χ3n) is 2.86. The summed E-state index contributed by atoms with van der Waals surface area (Å²) in [6, 6.07) is 0. The molecule has 0 saturated heterocycles. The van der Waals surface area contributed by atoms with Gasteiger partial charge in [0, 0.05) is 18.3 Å².